The summed E-state index contributed by atoms with van der Waals surface area (Å²) in [5, 5.41) is 9.97. The predicted octanol–water partition coefficient (Wildman–Crippen LogP) is 3.38. The molecule has 0 spiro atoms. The molecule has 0 atom stereocenters. The second kappa shape index (κ2) is 14.8. The Labute approximate surface area is 162 Å². The quantitative estimate of drug-likeness (QED) is 0.453. The van der Waals surface area contributed by atoms with Gasteiger partial charge in [-0.3, -0.25) is 0 Å². The number of nitrogens with zero attached hydrogens (tertiary/aromatic N) is 3. The van der Waals surface area contributed by atoms with E-state index in [1.165, 1.54) is 0 Å². The third-order valence-electron chi connectivity index (χ3n) is 1.88. The molecule has 117 valence electrons. The van der Waals surface area contributed by atoms with Crippen LogP contribution in [0, 0.1) is 6.07 Å². The second-order valence-corrected chi connectivity index (χ2v) is 3.56. The van der Waals surface area contributed by atoms with Crippen LogP contribution < -0.4 is 5.73 Å². The first-order valence-corrected chi connectivity index (χ1v) is 7.23. The van der Waals surface area contributed by atoms with Crippen LogP contribution in [0.2, 0.25) is 0 Å². The third kappa shape index (κ3) is 8.36. The number of pyridine rings is 1. The van der Waals surface area contributed by atoms with E-state index in [-0.39, 0.29) is 32.7 Å². The molecule has 1 aromatic carbocycles. The molecular formula is C15H21N5SY-2. The molecular weight excluding hydrogens is 371 g/mol. The molecule has 3 N–H and O–H groups in total. The number of aromatic nitrogens is 4. The van der Waals surface area contributed by atoms with Crippen LogP contribution in [0.25, 0.3) is 11.2 Å². The molecule has 0 aliphatic rings. The molecule has 0 aliphatic heterocycles. The standard InChI is InChI=1S/C6H5.C5H5N5S.2C2H6.Y/c1-2-4-6-5-3-1;6-3-1-2(11)4-5(7-3)9-10-8-4;2*1-2;/h1-5H;1H,(H4,6,7,8,9,10,11);2*1-2H3;/q-1;;;;/p-1. The maximum atomic E-state index is 5.42. The van der Waals surface area contributed by atoms with Crippen molar-refractivity contribution in [2.75, 3.05) is 5.73 Å². The molecule has 1 radical (unpaired) electrons. The number of aromatic amines is 1. The zero-order valence-electron chi connectivity index (χ0n) is 13.4. The van der Waals surface area contributed by atoms with E-state index in [1.54, 1.807) is 6.07 Å². The molecule has 0 unspecified atom stereocenters. The Morgan fingerprint density at radius 2 is 1.64 bits per heavy atom. The average Bonchev–Trinajstić information content (AvgIpc) is 3.02. The summed E-state index contributed by atoms with van der Waals surface area (Å²) in [6.45, 7) is 8.00. The van der Waals surface area contributed by atoms with E-state index in [1.807, 2.05) is 58.0 Å². The number of hydrogen-bond acceptors (Lipinski definition) is 5. The minimum absolute atomic E-state index is 0. The molecule has 0 saturated heterocycles. The van der Waals surface area contributed by atoms with Gasteiger partial charge in [-0.1, -0.05) is 27.7 Å². The third-order valence-corrected chi connectivity index (χ3v) is 2.20. The van der Waals surface area contributed by atoms with E-state index in [9.17, 15) is 0 Å². The first-order chi connectivity index (χ1) is 10.3. The number of fused-ring (bicyclic) bond motifs is 1. The summed E-state index contributed by atoms with van der Waals surface area (Å²) in [5.74, 6) is 0.372. The molecule has 0 aliphatic carbocycles. The average molecular weight is 392 g/mol. The summed E-state index contributed by atoms with van der Waals surface area (Å²) in [4.78, 5) is 4.47. The predicted molar refractivity (Wildman–Crippen MR) is 89.7 cm³/mol. The monoisotopic (exact) mass is 392 g/mol. The number of rotatable bonds is 0. The Morgan fingerprint density at radius 1 is 1.05 bits per heavy atom. The van der Waals surface area contributed by atoms with E-state index in [0.29, 0.717) is 21.9 Å². The van der Waals surface area contributed by atoms with Crippen molar-refractivity contribution in [3.8, 4) is 0 Å². The van der Waals surface area contributed by atoms with Crippen LogP contribution in [0.3, 0.4) is 0 Å². The molecule has 3 rings (SSSR count). The molecule has 2 heterocycles. The minimum atomic E-state index is 0. The Kier molecular flexibility index (Phi) is 15.6. The molecule has 7 heteroatoms. The van der Waals surface area contributed by atoms with Crippen LogP contribution in [-0.4, -0.2) is 20.4 Å². The zero-order valence-corrected chi connectivity index (χ0v) is 17.0. The smallest absolute Gasteiger partial charge is 0.201 e. The Hall–Kier alpha value is -1.11. The first kappa shape index (κ1) is 23.2. The van der Waals surface area contributed by atoms with Gasteiger partial charge in [0.2, 0.25) is 5.65 Å². The largest absolute Gasteiger partial charge is 0.777 e. The topological polar surface area (TPSA) is 80.5 Å². The summed E-state index contributed by atoms with van der Waals surface area (Å²) in [6.07, 6.45) is 0. The molecule has 3 aromatic rings. The van der Waals surface area contributed by atoms with Gasteiger partial charge in [-0.05, 0) is 6.07 Å². The number of nitrogens with two attached hydrogens (primary N) is 1. The van der Waals surface area contributed by atoms with Gasteiger partial charge in [-0.2, -0.15) is 46.7 Å². The SMILES string of the molecule is CC.CC.Nc1cc([S-])c2n[nH]nc2n1.[Y].[c-]1ccccc1. The van der Waals surface area contributed by atoms with Crippen LogP contribution in [0.1, 0.15) is 27.7 Å². The second-order valence-electron chi connectivity index (χ2n) is 3.12. The van der Waals surface area contributed by atoms with Crippen molar-refractivity contribution in [3.63, 3.8) is 0 Å². The number of H-pyrrole nitrogens is 1. The fraction of sp³-hybridized carbons (Fsp3) is 0.267. The van der Waals surface area contributed by atoms with Gasteiger partial charge in [-0.15, -0.1) is 9.99 Å². The number of nitrogens with one attached hydrogen (secondary N) is 1. The Morgan fingerprint density at radius 3 is 2.09 bits per heavy atom. The van der Waals surface area contributed by atoms with Gasteiger partial charge in [0.1, 0.15) is 11.3 Å². The zero-order chi connectivity index (χ0) is 16.1. The normalized spacial score (nSPS) is 8.00. The van der Waals surface area contributed by atoms with E-state index in [0.717, 1.165) is 0 Å². The fourth-order valence-corrected chi connectivity index (χ4v) is 1.43. The van der Waals surface area contributed by atoms with Gasteiger partial charge in [0.25, 0.3) is 0 Å². The number of anilines is 1. The molecule has 2 aromatic heterocycles. The summed E-state index contributed by atoms with van der Waals surface area (Å²) in [7, 11) is 0. The van der Waals surface area contributed by atoms with Crippen LogP contribution in [0.4, 0.5) is 5.82 Å². The van der Waals surface area contributed by atoms with E-state index in [4.69, 9.17) is 18.4 Å². The Bertz CT molecular complexity index is 574. The van der Waals surface area contributed by atoms with Gasteiger partial charge in [-0.25, -0.2) is 4.98 Å². The first-order valence-electron chi connectivity index (χ1n) is 6.82. The minimum Gasteiger partial charge on any atom is -0.777 e. The summed E-state index contributed by atoms with van der Waals surface area (Å²) in [5.41, 5.74) is 6.48. The molecule has 0 bridgehead atoms. The molecule has 5 nitrogen and oxygen atoms in total. The van der Waals surface area contributed by atoms with Gasteiger partial charge >= 0.3 is 0 Å². The van der Waals surface area contributed by atoms with Gasteiger partial charge < -0.3 is 18.4 Å². The van der Waals surface area contributed by atoms with Crippen molar-refractivity contribution in [1.29, 1.82) is 0 Å². The van der Waals surface area contributed by atoms with E-state index >= 15 is 0 Å². The number of benzene rings is 1. The van der Waals surface area contributed by atoms with Crippen molar-refractivity contribution in [2.24, 2.45) is 0 Å². The van der Waals surface area contributed by atoms with Gasteiger partial charge in [0.15, 0.2) is 0 Å². The van der Waals surface area contributed by atoms with E-state index in [2.05, 4.69) is 26.5 Å². The molecule has 0 fully saturated rings. The summed E-state index contributed by atoms with van der Waals surface area (Å²) in [6, 6.07) is 14.1. The van der Waals surface area contributed by atoms with Crippen molar-refractivity contribution < 1.29 is 32.7 Å². The number of nitrogen functional groups attached to an aromatic ring is 1. The summed E-state index contributed by atoms with van der Waals surface area (Å²) >= 11 is 4.95. The van der Waals surface area contributed by atoms with Crippen LogP contribution >= 0.6 is 0 Å². The van der Waals surface area contributed by atoms with Gasteiger partial charge in [0, 0.05) is 32.7 Å². The summed E-state index contributed by atoms with van der Waals surface area (Å²) < 4.78 is 0. The molecule has 22 heavy (non-hydrogen) atoms. The van der Waals surface area contributed by atoms with Crippen LogP contribution in [0.5, 0.6) is 0 Å². The van der Waals surface area contributed by atoms with Crippen LogP contribution in [0.15, 0.2) is 41.3 Å². The van der Waals surface area contributed by atoms with E-state index < -0.39 is 0 Å². The van der Waals surface area contributed by atoms with Gasteiger partial charge in [0.05, 0.1) is 0 Å². The molecule has 0 saturated carbocycles. The van der Waals surface area contributed by atoms with Crippen molar-refractivity contribution in [3.05, 3.63) is 42.5 Å². The fourth-order valence-electron chi connectivity index (χ4n) is 1.17. The Balaban J connectivity index is 0. The van der Waals surface area contributed by atoms with Crippen molar-refractivity contribution in [2.45, 2.75) is 32.6 Å². The van der Waals surface area contributed by atoms with Crippen LogP contribution in [-0.2, 0) is 45.3 Å². The van der Waals surface area contributed by atoms with Crippen molar-refractivity contribution >= 4 is 29.6 Å². The van der Waals surface area contributed by atoms with Crippen molar-refractivity contribution in [1.82, 2.24) is 20.4 Å². The molecule has 0 amide bonds. The number of hydrogen-bond donors (Lipinski definition) is 2. The maximum absolute atomic E-state index is 5.42. The maximum Gasteiger partial charge on any atom is 0.201 e.